The number of carbonyl (C=O) groups is 2. The summed E-state index contributed by atoms with van der Waals surface area (Å²) in [6.45, 7) is 8.38. The van der Waals surface area contributed by atoms with Crippen LogP contribution in [0.2, 0.25) is 5.02 Å². The number of ether oxygens (including phenoxy) is 1. The lowest BCUT2D eigenvalue weighted by molar-refractivity contribution is 0.0590. The van der Waals surface area contributed by atoms with Crippen molar-refractivity contribution in [3.8, 4) is 5.75 Å². The molecule has 1 aromatic heterocycles. The first-order chi connectivity index (χ1) is 19.9. The number of nitrogens with zero attached hydrogens (tertiary/aromatic N) is 4. The Morgan fingerprint density at radius 1 is 1.02 bits per heavy atom. The summed E-state index contributed by atoms with van der Waals surface area (Å²) in [6, 6.07) is 9.49. The van der Waals surface area contributed by atoms with Crippen molar-refractivity contribution in [1.29, 1.82) is 0 Å². The van der Waals surface area contributed by atoms with Crippen LogP contribution in [-0.4, -0.2) is 77.5 Å². The highest BCUT2D eigenvalue weighted by molar-refractivity contribution is 7.92. The van der Waals surface area contributed by atoms with Crippen molar-refractivity contribution < 1.29 is 22.7 Å². The number of nitrogens with one attached hydrogen (secondary N) is 2. The first-order valence-corrected chi connectivity index (χ1v) is 15.6. The van der Waals surface area contributed by atoms with Crippen molar-refractivity contribution in [3.63, 3.8) is 0 Å². The Morgan fingerprint density at radius 3 is 2.36 bits per heavy atom. The molecule has 1 saturated heterocycles. The van der Waals surface area contributed by atoms with E-state index in [0.29, 0.717) is 23.7 Å². The van der Waals surface area contributed by atoms with Crippen LogP contribution < -0.4 is 15.4 Å². The zero-order valence-electron chi connectivity index (χ0n) is 24.0. The number of imide groups is 1. The molecule has 2 aliphatic heterocycles. The number of rotatable bonds is 9. The summed E-state index contributed by atoms with van der Waals surface area (Å²) in [4.78, 5) is 39.1. The fourth-order valence-corrected chi connectivity index (χ4v) is 6.36. The van der Waals surface area contributed by atoms with E-state index in [2.05, 4.69) is 25.5 Å². The van der Waals surface area contributed by atoms with E-state index < -0.39 is 15.1 Å². The first-order valence-electron chi connectivity index (χ1n) is 13.7. The number of likely N-dealkylation sites (N-methyl/N-ethyl adjacent to an activating group) is 1. The Kier molecular flexibility index (Phi) is 8.15. The summed E-state index contributed by atoms with van der Waals surface area (Å²) in [6.07, 6.45) is 1.87. The van der Waals surface area contributed by atoms with Gasteiger partial charge < -0.3 is 20.3 Å². The molecule has 2 amide bonds. The highest BCUT2D eigenvalue weighted by Gasteiger charge is 2.42. The molecule has 11 nitrogen and oxygen atoms in total. The van der Waals surface area contributed by atoms with Gasteiger partial charge in [-0.05, 0) is 72.0 Å². The van der Waals surface area contributed by atoms with Crippen LogP contribution in [0.15, 0.2) is 47.5 Å². The third-order valence-corrected chi connectivity index (χ3v) is 9.66. The SMILES string of the molecule is CC(C)Oc1cc2c(cc1Nc1ncc(Cl)c(Nc3ccccc3S(=O)(=O)C(C)C)n1)C(=O)N([C@@H]1CCN(C)C1)C2=O. The summed E-state index contributed by atoms with van der Waals surface area (Å²) in [5.74, 6) is -0.0326. The zero-order chi connectivity index (χ0) is 30.3. The van der Waals surface area contributed by atoms with Crippen molar-refractivity contribution in [3.05, 3.63) is 58.7 Å². The molecule has 3 heterocycles. The Bertz CT molecular complexity index is 1660. The highest BCUT2D eigenvalue weighted by atomic mass is 35.5. The molecule has 5 rings (SSSR count). The Balaban J connectivity index is 1.48. The maximum absolute atomic E-state index is 13.4. The summed E-state index contributed by atoms with van der Waals surface area (Å²) in [5.41, 5.74) is 1.28. The standard InChI is InChI=1S/C29H33ClN6O5S/c1-16(2)41-24-13-20-19(27(37)36(28(20)38)18-10-11-35(5)15-18)12-23(24)33-29-31-14-21(30)26(34-29)32-22-8-6-7-9-25(22)42(39,40)17(3)4/h6-9,12-14,16-18H,10-11,15H2,1-5H3,(H2,31,32,33,34)/t18-/m1/s1. The minimum absolute atomic E-state index is 0.116. The van der Waals surface area contributed by atoms with E-state index in [1.165, 1.54) is 17.2 Å². The van der Waals surface area contributed by atoms with Gasteiger partial charge in [0.2, 0.25) is 5.95 Å². The molecule has 0 radical (unpaired) electrons. The van der Waals surface area contributed by atoms with Crippen molar-refractivity contribution in [2.24, 2.45) is 0 Å². The fourth-order valence-electron chi connectivity index (χ4n) is 5.02. The largest absolute Gasteiger partial charge is 0.489 e. The van der Waals surface area contributed by atoms with Gasteiger partial charge in [0.25, 0.3) is 11.8 Å². The van der Waals surface area contributed by atoms with Crippen LogP contribution in [-0.2, 0) is 9.84 Å². The van der Waals surface area contributed by atoms with Crippen LogP contribution in [0, 0.1) is 0 Å². The Labute approximate surface area is 250 Å². The Hall–Kier alpha value is -3.74. The van der Waals surface area contributed by atoms with Gasteiger partial charge in [-0.1, -0.05) is 23.7 Å². The van der Waals surface area contributed by atoms with Crippen LogP contribution >= 0.6 is 11.6 Å². The summed E-state index contributed by atoms with van der Waals surface area (Å²) in [7, 11) is -1.63. The lowest BCUT2D eigenvalue weighted by Crippen LogP contribution is -2.41. The smallest absolute Gasteiger partial charge is 0.261 e. The van der Waals surface area contributed by atoms with Gasteiger partial charge in [-0.3, -0.25) is 14.5 Å². The quantitative estimate of drug-likeness (QED) is 0.322. The van der Waals surface area contributed by atoms with Crippen LogP contribution in [0.1, 0.15) is 54.8 Å². The molecule has 2 N–H and O–H groups in total. The number of hydrogen-bond acceptors (Lipinski definition) is 10. The minimum atomic E-state index is -3.59. The second kappa shape index (κ2) is 11.5. The van der Waals surface area contributed by atoms with E-state index in [-0.39, 0.29) is 56.8 Å². The molecule has 2 aromatic carbocycles. The third kappa shape index (κ3) is 5.66. The molecule has 0 aliphatic carbocycles. The number of para-hydroxylation sites is 1. The number of aromatic nitrogens is 2. The van der Waals surface area contributed by atoms with E-state index >= 15 is 0 Å². The number of fused-ring (bicyclic) bond motifs is 1. The maximum Gasteiger partial charge on any atom is 0.261 e. The molecular weight excluding hydrogens is 580 g/mol. The second-order valence-electron chi connectivity index (χ2n) is 11.0. The molecule has 42 heavy (non-hydrogen) atoms. The lowest BCUT2D eigenvalue weighted by atomic mass is 10.1. The van der Waals surface area contributed by atoms with Gasteiger partial charge in [-0.15, -0.1) is 0 Å². The maximum atomic E-state index is 13.4. The molecule has 2 aliphatic rings. The molecule has 13 heteroatoms. The molecule has 1 fully saturated rings. The van der Waals surface area contributed by atoms with Gasteiger partial charge in [0, 0.05) is 6.54 Å². The molecule has 0 spiro atoms. The molecule has 222 valence electrons. The lowest BCUT2D eigenvalue weighted by Gasteiger charge is -2.21. The van der Waals surface area contributed by atoms with Crippen molar-refractivity contribution in [2.45, 2.75) is 56.4 Å². The van der Waals surface area contributed by atoms with Crippen LogP contribution in [0.25, 0.3) is 0 Å². The van der Waals surface area contributed by atoms with Crippen LogP contribution in [0.3, 0.4) is 0 Å². The Morgan fingerprint density at radius 2 is 1.71 bits per heavy atom. The molecular formula is C29H33ClN6O5S. The zero-order valence-corrected chi connectivity index (χ0v) is 25.6. The van der Waals surface area contributed by atoms with E-state index in [1.54, 1.807) is 44.2 Å². The fraction of sp³-hybridized carbons (Fsp3) is 0.379. The van der Waals surface area contributed by atoms with Crippen LogP contribution in [0.4, 0.5) is 23.1 Å². The molecule has 0 unspecified atom stereocenters. The molecule has 3 aromatic rings. The van der Waals surface area contributed by atoms with Gasteiger partial charge in [-0.25, -0.2) is 13.4 Å². The van der Waals surface area contributed by atoms with Gasteiger partial charge in [0.05, 0.1) is 51.0 Å². The third-order valence-electron chi connectivity index (χ3n) is 7.17. The average molecular weight is 613 g/mol. The summed E-state index contributed by atoms with van der Waals surface area (Å²) >= 11 is 6.40. The van der Waals surface area contributed by atoms with Crippen molar-refractivity contribution in [2.75, 3.05) is 30.8 Å². The second-order valence-corrected chi connectivity index (χ2v) is 13.9. The van der Waals surface area contributed by atoms with Crippen molar-refractivity contribution in [1.82, 2.24) is 19.8 Å². The van der Waals surface area contributed by atoms with E-state index in [4.69, 9.17) is 16.3 Å². The first kappa shape index (κ1) is 29.7. The molecule has 1 atom stereocenters. The minimum Gasteiger partial charge on any atom is -0.489 e. The molecule has 0 bridgehead atoms. The number of anilines is 4. The van der Waals surface area contributed by atoms with Gasteiger partial charge >= 0.3 is 0 Å². The highest BCUT2D eigenvalue weighted by Crippen LogP contribution is 2.38. The van der Waals surface area contributed by atoms with Crippen LogP contribution in [0.5, 0.6) is 5.75 Å². The van der Waals surface area contributed by atoms with E-state index in [1.807, 2.05) is 20.9 Å². The summed E-state index contributed by atoms with van der Waals surface area (Å²) < 4.78 is 31.9. The number of benzene rings is 2. The normalized spacial score (nSPS) is 17.3. The van der Waals surface area contributed by atoms with E-state index in [9.17, 15) is 18.0 Å². The van der Waals surface area contributed by atoms with Crippen molar-refractivity contribution >= 4 is 56.4 Å². The predicted octanol–water partition coefficient (Wildman–Crippen LogP) is 4.89. The number of likely N-dealkylation sites (tertiary alicyclic amines) is 1. The summed E-state index contributed by atoms with van der Waals surface area (Å²) in [5, 5.41) is 5.67. The van der Waals surface area contributed by atoms with Gasteiger partial charge in [0.1, 0.15) is 10.8 Å². The number of carbonyl (C=O) groups excluding carboxylic acids is 2. The number of sulfone groups is 1. The number of amides is 2. The monoisotopic (exact) mass is 612 g/mol. The van der Waals surface area contributed by atoms with Gasteiger partial charge in [0.15, 0.2) is 15.7 Å². The predicted molar refractivity (Wildman–Crippen MR) is 161 cm³/mol. The molecule has 0 saturated carbocycles. The number of halogens is 1. The number of hydrogen-bond donors (Lipinski definition) is 2. The van der Waals surface area contributed by atoms with Gasteiger partial charge in [-0.2, -0.15) is 4.98 Å². The van der Waals surface area contributed by atoms with E-state index in [0.717, 1.165) is 13.0 Å². The average Bonchev–Trinajstić information content (AvgIpc) is 3.45. The topological polar surface area (TPSA) is 134 Å².